The molecule has 27 heavy (non-hydrogen) atoms. The zero-order valence-electron chi connectivity index (χ0n) is 13.9. The van der Waals surface area contributed by atoms with E-state index >= 15 is 0 Å². The van der Waals surface area contributed by atoms with Crippen LogP contribution in [0, 0.1) is 11.6 Å². The lowest BCUT2D eigenvalue weighted by molar-refractivity contribution is -0.0918. The van der Waals surface area contributed by atoms with Crippen LogP contribution in [0.4, 0.5) is 27.6 Å². The molecule has 2 aromatic rings. The second-order valence-electron chi connectivity index (χ2n) is 5.34. The molecule has 142 valence electrons. The van der Waals surface area contributed by atoms with Crippen molar-refractivity contribution in [3.63, 3.8) is 0 Å². The van der Waals surface area contributed by atoms with Crippen LogP contribution >= 0.6 is 0 Å². The number of benzene rings is 2. The number of carbonyl (C=O) groups excluding carboxylic acids is 1. The first kappa shape index (κ1) is 20.1. The molecule has 0 aliphatic carbocycles. The molecule has 9 heteroatoms. The number of halogens is 5. The maximum atomic E-state index is 14.4. The molecule has 0 heterocycles. The Morgan fingerprint density at radius 3 is 2.30 bits per heavy atom. The van der Waals surface area contributed by atoms with Gasteiger partial charge in [0, 0.05) is 30.1 Å². The second-order valence-corrected chi connectivity index (χ2v) is 5.34. The summed E-state index contributed by atoms with van der Waals surface area (Å²) in [5.74, 6) is -2.67. The molecular formula is C18H14F5N3O. The molecule has 0 aliphatic heterocycles. The first-order chi connectivity index (χ1) is 12.6. The Morgan fingerprint density at radius 1 is 1.07 bits per heavy atom. The third-order valence-corrected chi connectivity index (χ3v) is 3.49. The van der Waals surface area contributed by atoms with Crippen molar-refractivity contribution in [1.29, 1.82) is 0 Å². The Bertz CT molecular complexity index is 919. The van der Waals surface area contributed by atoms with E-state index in [4.69, 9.17) is 5.73 Å². The van der Waals surface area contributed by atoms with Crippen molar-refractivity contribution in [1.82, 2.24) is 0 Å². The summed E-state index contributed by atoms with van der Waals surface area (Å²) >= 11 is 0. The lowest BCUT2D eigenvalue weighted by Gasteiger charge is -2.13. The van der Waals surface area contributed by atoms with E-state index in [0.29, 0.717) is 0 Å². The maximum absolute atomic E-state index is 14.4. The van der Waals surface area contributed by atoms with Gasteiger partial charge in [0.1, 0.15) is 17.3 Å². The van der Waals surface area contributed by atoms with Crippen LogP contribution in [0.2, 0.25) is 0 Å². The SMILES string of the molecule is CN=C/C(=C(\N)C(F)(F)F)c1ccc(NC(=O)c2ccccc2F)cc1F. The van der Waals surface area contributed by atoms with Gasteiger partial charge in [0.2, 0.25) is 0 Å². The van der Waals surface area contributed by atoms with Gasteiger partial charge >= 0.3 is 6.18 Å². The Hall–Kier alpha value is -3.23. The number of nitrogens with zero attached hydrogens (tertiary/aromatic N) is 1. The fourth-order valence-electron chi connectivity index (χ4n) is 2.22. The molecule has 0 radical (unpaired) electrons. The van der Waals surface area contributed by atoms with Crippen molar-refractivity contribution in [3.8, 4) is 0 Å². The van der Waals surface area contributed by atoms with Crippen LogP contribution in [-0.4, -0.2) is 25.3 Å². The van der Waals surface area contributed by atoms with Gasteiger partial charge in [0.15, 0.2) is 0 Å². The molecule has 3 N–H and O–H groups in total. The van der Waals surface area contributed by atoms with Crippen LogP contribution in [-0.2, 0) is 0 Å². The number of carbonyl (C=O) groups is 1. The Balaban J connectivity index is 2.37. The fraction of sp³-hybridized carbons (Fsp3) is 0.111. The van der Waals surface area contributed by atoms with E-state index in [1.807, 2.05) is 0 Å². The molecule has 0 aliphatic rings. The molecule has 0 bridgehead atoms. The summed E-state index contributed by atoms with van der Waals surface area (Å²) in [6, 6.07) is 8.16. The van der Waals surface area contributed by atoms with Crippen LogP contribution in [0.3, 0.4) is 0 Å². The molecule has 4 nitrogen and oxygen atoms in total. The number of nitrogens with two attached hydrogens (primary N) is 1. The molecule has 0 atom stereocenters. The van der Waals surface area contributed by atoms with Gasteiger partial charge in [-0.25, -0.2) is 8.78 Å². The van der Waals surface area contributed by atoms with Crippen molar-refractivity contribution < 1.29 is 26.7 Å². The minimum atomic E-state index is -4.87. The highest BCUT2D eigenvalue weighted by atomic mass is 19.4. The van der Waals surface area contributed by atoms with Gasteiger partial charge < -0.3 is 11.1 Å². The third-order valence-electron chi connectivity index (χ3n) is 3.49. The number of alkyl halides is 3. The average Bonchev–Trinajstić information content (AvgIpc) is 2.59. The van der Waals surface area contributed by atoms with Crippen LogP contribution in [0.15, 0.2) is 53.2 Å². The maximum Gasteiger partial charge on any atom is 0.431 e. The monoisotopic (exact) mass is 383 g/mol. The van der Waals surface area contributed by atoms with Gasteiger partial charge in [-0.1, -0.05) is 12.1 Å². The van der Waals surface area contributed by atoms with E-state index in [9.17, 15) is 26.7 Å². The van der Waals surface area contributed by atoms with Gasteiger partial charge in [0.25, 0.3) is 5.91 Å². The van der Waals surface area contributed by atoms with Crippen LogP contribution < -0.4 is 11.1 Å². The topological polar surface area (TPSA) is 67.5 Å². The minimum absolute atomic E-state index is 0.0668. The van der Waals surface area contributed by atoms with E-state index in [2.05, 4.69) is 10.3 Å². The first-order valence-corrected chi connectivity index (χ1v) is 7.50. The molecule has 0 saturated carbocycles. The molecule has 0 aromatic heterocycles. The van der Waals surface area contributed by atoms with Crippen molar-refractivity contribution in [2.24, 2.45) is 10.7 Å². The number of hydrogen-bond acceptors (Lipinski definition) is 3. The van der Waals surface area contributed by atoms with Crippen LogP contribution in [0.1, 0.15) is 15.9 Å². The van der Waals surface area contributed by atoms with Crippen LogP contribution in [0.25, 0.3) is 5.57 Å². The first-order valence-electron chi connectivity index (χ1n) is 7.50. The number of rotatable bonds is 4. The molecule has 0 unspecified atom stereocenters. The molecule has 1 amide bonds. The summed E-state index contributed by atoms with van der Waals surface area (Å²) in [5.41, 5.74) is 2.16. The van der Waals surface area contributed by atoms with Gasteiger partial charge in [-0.05, 0) is 30.3 Å². The zero-order valence-corrected chi connectivity index (χ0v) is 13.9. The smallest absolute Gasteiger partial charge is 0.394 e. The molecule has 0 saturated heterocycles. The summed E-state index contributed by atoms with van der Waals surface area (Å²) in [4.78, 5) is 15.5. The summed E-state index contributed by atoms with van der Waals surface area (Å²) in [7, 11) is 1.21. The molecule has 2 aromatic carbocycles. The average molecular weight is 383 g/mol. The van der Waals surface area contributed by atoms with Gasteiger partial charge in [-0.3, -0.25) is 9.79 Å². The van der Waals surface area contributed by atoms with Crippen molar-refractivity contribution >= 4 is 23.4 Å². The molecule has 0 spiro atoms. The number of anilines is 1. The standard InChI is InChI=1S/C18H14F5N3O/c1-25-9-13(16(24)18(21,22)23)11-7-6-10(8-15(11)20)26-17(27)12-4-2-3-5-14(12)19/h2-9H,24H2,1H3,(H,26,27)/b16-13+,25-9?. The highest BCUT2D eigenvalue weighted by Gasteiger charge is 2.34. The van der Waals surface area contributed by atoms with E-state index in [0.717, 1.165) is 24.4 Å². The largest absolute Gasteiger partial charge is 0.431 e. The zero-order chi connectivity index (χ0) is 20.2. The molecule has 0 fully saturated rings. The van der Waals surface area contributed by atoms with Crippen molar-refractivity contribution in [3.05, 3.63) is 70.9 Å². The molecular weight excluding hydrogens is 369 g/mol. The summed E-state index contributed by atoms with van der Waals surface area (Å²) < 4.78 is 66.5. The predicted octanol–water partition coefficient (Wildman–Crippen LogP) is 4.15. The quantitative estimate of drug-likeness (QED) is 0.615. The van der Waals surface area contributed by atoms with Crippen molar-refractivity contribution in [2.75, 3.05) is 12.4 Å². The van der Waals surface area contributed by atoms with E-state index < -0.39 is 40.6 Å². The fourth-order valence-corrected chi connectivity index (χ4v) is 2.22. The van der Waals surface area contributed by atoms with E-state index in [1.54, 1.807) is 0 Å². The lowest BCUT2D eigenvalue weighted by atomic mass is 10.0. The van der Waals surface area contributed by atoms with Gasteiger partial charge in [-0.2, -0.15) is 13.2 Å². The van der Waals surface area contributed by atoms with Crippen LogP contribution in [0.5, 0.6) is 0 Å². The number of amides is 1. The number of nitrogens with one attached hydrogen (secondary N) is 1. The third kappa shape index (κ3) is 4.69. The van der Waals surface area contributed by atoms with E-state index in [-0.39, 0.29) is 11.3 Å². The predicted molar refractivity (Wildman–Crippen MR) is 92.3 cm³/mol. The summed E-state index contributed by atoms with van der Waals surface area (Å²) in [5, 5.41) is 2.28. The number of aliphatic imine (C=N–C) groups is 1. The van der Waals surface area contributed by atoms with E-state index in [1.165, 1.54) is 31.3 Å². The number of allylic oxidation sites excluding steroid dienone is 2. The summed E-state index contributed by atoms with van der Waals surface area (Å²) in [6.07, 6.45) is -4.08. The highest BCUT2D eigenvalue weighted by Crippen LogP contribution is 2.30. The summed E-state index contributed by atoms with van der Waals surface area (Å²) in [6.45, 7) is 0. The Morgan fingerprint density at radius 2 is 1.74 bits per heavy atom. The highest BCUT2D eigenvalue weighted by molar-refractivity contribution is 6.11. The second kappa shape index (κ2) is 7.98. The van der Waals surface area contributed by atoms with Crippen molar-refractivity contribution in [2.45, 2.75) is 6.18 Å². The minimum Gasteiger partial charge on any atom is -0.394 e. The molecule has 2 rings (SSSR count). The normalized spacial score (nSPS) is 12.8. The van der Waals surface area contributed by atoms with Gasteiger partial charge in [0.05, 0.1) is 5.56 Å². The lowest BCUT2D eigenvalue weighted by Crippen LogP contribution is -2.22. The Kier molecular flexibility index (Phi) is 5.94. The number of hydrogen-bond donors (Lipinski definition) is 2. The Labute approximate surface area is 151 Å². The van der Waals surface area contributed by atoms with Gasteiger partial charge in [-0.15, -0.1) is 0 Å².